The normalized spacial score (nSPS) is 16.5. The molecular formula is C22H22ClN3O3S. The Morgan fingerprint density at radius 3 is 2.93 bits per heavy atom. The number of amides is 1. The van der Waals surface area contributed by atoms with E-state index in [0.29, 0.717) is 41.1 Å². The van der Waals surface area contributed by atoms with E-state index in [4.69, 9.17) is 20.9 Å². The Morgan fingerprint density at radius 1 is 1.30 bits per heavy atom. The summed E-state index contributed by atoms with van der Waals surface area (Å²) in [5, 5.41) is 4.66. The van der Waals surface area contributed by atoms with Gasteiger partial charge in [0.2, 0.25) is 0 Å². The molecule has 156 valence electrons. The summed E-state index contributed by atoms with van der Waals surface area (Å²) >= 11 is 7.90. The highest BCUT2D eigenvalue weighted by Gasteiger charge is 2.30. The topological polar surface area (TPSA) is 68.5 Å². The van der Waals surface area contributed by atoms with Gasteiger partial charge >= 0.3 is 0 Å². The molecule has 2 aromatic carbocycles. The van der Waals surface area contributed by atoms with E-state index in [9.17, 15) is 4.79 Å². The van der Waals surface area contributed by atoms with Gasteiger partial charge in [-0.1, -0.05) is 28.9 Å². The molecule has 1 unspecified atom stereocenters. The van der Waals surface area contributed by atoms with Gasteiger partial charge in [0.05, 0.1) is 23.3 Å². The zero-order valence-corrected chi connectivity index (χ0v) is 18.4. The van der Waals surface area contributed by atoms with E-state index >= 15 is 0 Å². The van der Waals surface area contributed by atoms with Crippen LogP contribution in [0, 0.1) is 0 Å². The number of likely N-dealkylation sites (tertiary alicyclic amines) is 1. The fourth-order valence-electron chi connectivity index (χ4n) is 3.67. The smallest absolute Gasteiger partial charge is 0.261 e. The number of aromatic nitrogens is 2. The van der Waals surface area contributed by atoms with Crippen molar-refractivity contribution in [2.45, 2.75) is 23.7 Å². The lowest BCUT2D eigenvalue weighted by atomic mass is 9.96. The Kier molecular flexibility index (Phi) is 6.29. The van der Waals surface area contributed by atoms with Gasteiger partial charge in [0.15, 0.2) is 5.82 Å². The van der Waals surface area contributed by atoms with Crippen molar-refractivity contribution >= 4 is 29.3 Å². The predicted molar refractivity (Wildman–Crippen MR) is 117 cm³/mol. The number of rotatable bonds is 5. The SMILES string of the molecule is COc1ccccc1-c1nc(C2CCCN(C(=O)c3cc(SC)ccc3Cl)C2)no1. The van der Waals surface area contributed by atoms with Gasteiger partial charge in [0, 0.05) is 23.9 Å². The van der Waals surface area contributed by atoms with E-state index in [-0.39, 0.29) is 11.8 Å². The van der Waals surface area contributed by atoms with E-state index < -0.39 is 0 Å². The summed E-state index contributed by atoms with van der Waals surface area (Å²) in [5.74, 6) is 1.65. The molecule has 0 aliphatic carbocycles. The first-order valence-corrected chi connectivity index (χ1v) is 11.3. The molecule has 0 N–H and O–H groups in total. The first-order chi connectivity index (χ1) is 14.6. The highest BCUT2D eigenvalue weighted by Crippen LogP contribution is 2.32. The summed E-state index contributed by atoms with van der Waals surface area (Å²) in [7, 11) is 1.61. The molecule has 30 heavy (non-hydrogen) atoms. The number of para-hydroxylation sites is 1. The Hall–Kier alpha value is -2.51. The number of benzene rings is 2. The number of hydrogen-bond donors (Lipinski definition) is 0. The molecule has 3 aromatic rings. The summed E-state index contributed by atoms with van der Waals surface area (Å²) in [6, 6.07) is 13.1. The Balaban J connectivity index is 1.54. The van der Waals surface area contributed by atoms with Crippen LogP contribution in [0.5, 0.6) is 5.75 Å². The van der Waals surface area contributed by atoms with Crippen molar-refractivity contribution in [3.63, 3.8) is 0 Å². The summed E-state index contributed by atoms with van der Waals surface area (Å²) in [6.07, 6.45) is 3.74. The van der Waals surface area contributed by atoms with Gasteiger partial charge < -0.3 is 14.2 Å². The van der Waals surface area contributed by atoms with Crippen molar-refractivity contribution in [3.8, 4) is 17.2 Å². The third kappa shape index (κ3) is 4.18. The van der Waals surface area contributed by atoms with E-state index in [0.717, 1.165) is 23.3 Å². The summed E-state index contributed by atoms with van der Waals surface area (Å²) in [6.45, 7) is 1.22. The highest BCUT2D eigenvalue weighted by molar-refractivity contribution is 7.98. The maximum Gasteiger partial charge on any atom is 0.261 e. The largest absolute Gasteiger partial charge is 0.496 e. The van der Waals surface area contributed by atoms with Crippen molar-refractivity contribution in [2.24, 2.45) is 0 Å². The van der Waals surface area contributed by atoms with Crippen LogP contribution in [0.3, 0.4) is 0 Å². The minimum absolute atomic E-state index is 0.0115. The number of thioether (sulfide) groups is 1. The number of hydrogen-bond acceptors (Lipinski definition) is 6. The molecule has 0 bridgehead atoms. The molecule has 1 fully saturated rings. The second kappa shape index (κ2) is 9.10. The van der Waals surface area contributed by atoms with Crippen molar-refractivity contribution in [2.75, 3.05) is 26.5 Å². The van der Waals surface area contributed by atoms with Crippen molar-refractivity contribution in [3.05, 3.63) is 58.9 Å². The van der Waals surface area contributed by atoms with Crippen LogP contribution in [0.15, 0.2) is 51.9 Å². The van der Waals surface area contributed by atoms with Crippen molar-refractivity contribution < 1.29 is 14.1 Å². The number of nitrogens with zero attached hydrogens (tertiary/aromatic N) is 3. The van der Waals surface area contributed by atoms with Gasteiger partial charge in [-0.05, 0) is 49.4 Å². The van der Waals surface area contributed by atoms with Crippen molar-refractivity contribution in [1.29, 1.82) is 0 Å². The van der Waals surface area contributed by atoms with Gasteiger partial charge in [-0.3, -0.25) is 4.79 Å². The second-order valence-electron chi connectivity index (χ2n) is 7.09. The zero-order valence-electron chi connectivity index (χ0n) is 16.8. The average molecular weight is 444 g/mol. The maximum atomic E-state index is 13.1. The van der Waals surface area contributed by atoms with Crippen LogP contribution in [0.4, 0.5) is 0 Å². The Bertz CT molecular complexity index is 1060. The van der Waals surface area contributed by atoms with E-state index in [1.165, 1.54) is 0 Å². The molecule has 4 rings (SSSR count). The molecule has 0 radical (unpaired) electrons. The standard InChI is InChI=1S/C22H22ClN3O3S/c1-28-19-8-4-3-7-16(19)21-24-20(25-29-21)14-6-5-11-26(13-14)22(27)17-12-15(30-2)9-10-18(17)23/h3-4,7-10,12,14H,5-6,11,13H2,1-2H3. The molecule has 0 saturated carbocycles. The number of carbonyl (C=O) groups excluding carboxylic acids is 1. The lowest BCUT2D eigenvalue weighted by Gasteiger charge is -2.31. The summed E-state index contributed by atoms with van der Waals surface area (Å²) < 4.78 is 10.9. The molecule has 1 aliphatic rings. The second-order valence-corrected chi connectivity index (χ2v) is 8.38. The van der Waals surface area contributed by atoms with Gasteiger partial charge in [-0.2, -0.15) is 4.98 Å². The lowest BCUT2D eigenvalue weighted by molar-refractivity contribution is 0.0703. The number of piperidine rings is 1. The minimum atomic E-state index is -0.0611. The third-order valence-corrected chi connectivity index (χ3v) is 6.31. The molecule has 1 aliphatic heterocycles. The highest BCUT2D eigenvalue weighted by atomic mass is 35.5. The number of methoxy groups -OCH3 is 1. The molecule has 8 heteroatoms. The minimum Gasteiger partial charge on any atom is -0.496 e. The van der Waals surface area contributed by atoms with E-state index in [2.05, 4.69) is 10.1 Å². The van der Waals surface area contributed by atoms with Crippen LogP contribution >= 0.6 is 23.4 Å². The Labute approximate surface area is 184 Å². The molecular weight excluding hydrogens is 422 g/mol. The number of carbonyl (C=O) groups is 1. The summed E-state index contributed by atoms with van der Waals surface area (Å²) in [4.78, 5) is 20.6. The van der Waals surface area contributed by atoms with Crippen LogP contribution in [0.2, 0.25) is 5.02 Å². The number of ether oxygens (including phenoxy) is 1. The first-order valence-electron chi connectivity index (χ1n) is 9.70. The molecule has 2 heterocycles. The maximum absolute atomic E-state index is 13.1. The Morgan fingerprint density at radius 2 is 2.13 bits per heavy atom. The van der Waals surface area contributed by atoms with E-state index in [1.54, 1.807) is 24.9 Å². The molecule has 1 amide bonds. The molecule has 0 spiro atoms. The summed E-state index contributed by atoms with van der Waals surface area (Å²) in [5.41, 5.74) is 1.29. The van der Waals surface area contributed by atoms with Crippen LogP contribution in [-0.2, 0) is 0 Å². The van der Waals surface area contributed by atoms with Gasteiger partial charge in [-0.25, -0.2) is 0 Å². The number of halogens is 1. The van der Waals surface area contributed by atoms with Crippen LogP contribution in [-0.4, -0.2) is 47.4 Å². The molecule has 1 atom stereocenters. The van der Waals surface area contributed by atoms with Gasteiger partial charge in [0.25, 0.3) is 11.8 Å². The fraction of sp³-hybridized carbons (Fsp3) is 0.318. The van der Waals surface area contributed by atoms with Crippen LogP contribution < -0.4 is 4.74 Å². The monoisotopic (exact) mass is 443 g/mol. The fourth-order valence-corrected chi connectivity index (χ4v) is 4.31. The van der Waals surface area contributed by atoms with E-state index in [1.807, 2.05) is 47.6 Å². The molecule has 1 aromatic heterocycles. The van der Waals surface area contributed by atoms with Gasteiger partial charge in [-0.15, -0.1) is 11.8 Å². The average Bonchev–Trinajstić information content (AvgIpc) is 3.29. The quantitative estimate of drug-likeness (QED) is 0.508. The van der Waals surface area contributed by atoms with Gasteiger partial charge in [0.1, 0.15) is 5.75 Å². The van der Waals surface area contributed by atoms with Crippen LogP contribution in [0.1, 0.15) is 34.9 Å². The van der Waals surface area contributed by atoms with Crippen molar-refractivity contribution in [1.82, 2.24) is 15.0 Å². The first kappa shape index (κ1) is 20.8. The molecule has 6 nitrogen and oxygen atoms in total. The zero-order chi connectivity index (χ0) is 21.1. The molecule has 1 saturated heterocycles. The third-order valence-electron chi connectivity index (χ3n) is 5.26. The lowest BCUT2D eigenvalue weighted by Crippen LogP contribution is -2.39. The predicted octanol–water partition coefficient (Wildman–Crippen LogP) is 5.14. The van der Waals surface area contributed by atoms with Crippen LogP contribution in [0.25, 0.3) is 11.5 Å².